The van der Waals surface area contributed by atoms with Gasteiger partial charge < -0.3 is 10.1 Å². The predicted molar refractivity (Wildman–Crippen MR) is 77.6 cm³/mol. The topological polar surface area (TPSA) is 21.3 Å². The molecule has 96 valence electrons. The summed E-state index contributed by atoms with van der Waals surface area (Å²) < 4.78 is 5.28. The summed E-state index contributed by atoms with van der Waals surface area (Å²) in [5.41, 5.74) is 1.35. The lowest BCUT2D eigenvalue weighted by atomic mass is 10.2. The van der Waals surface area contributed by atoms with Crippen LogP contribution in [0.25, 0.3) is 0 Å². The highest BCUT2D eigenvalue weighted by molar-refractivity contribution is 6.88. The first-order valence-corrected chi connectivity index (χ1v) is 9.92. The highest BCUT2D eigenvalue weighted by atomic mass is 28.3. The monoisotopic (exact) mass is 251 g/mol. The molecule has 0 radical (unpaired) electrons. The zero-order chi connectivity index (χ0) is 12.7. The van der Waals surface area contributed by atoms with Crippen molar-refractivity contribution in [3.8, 4) is 0 Å². The van der Waals surface area contributed by atoms with Gasteiger partial charge in [0.05, 0.1) is 14.7 Å². The number of benzene rings is 1. The van der Waals surface area contributed by atoms with Crippen molar-refractivity contribution >= 4 is 13.3 Å². The van der Waals surface area contributed by atoms with E-state index >= 15 is 0 Å². The second-order valence-electron chi connectivity index (χ2n) is 5.32. The minimum Gasteiger partial charge on any atom is -0.380 e. The van der Waals surface area contributed by atoms with Gasteiger partial charge in [0.15, 0.2) is 0 Å². The van der Waals surface area contributed by atoms with Crippen molar-refractivity contribution in [1.29, 1.82) is 0 Å². The van der Waals surface area contributed by atoms with Crippen LogP contribution < -0.4 is 10.5 Å². The maximum absolute atomic E-state index is 5.28. The average molecular weight is 251 g/mol. The molecule has 0 fully saturated rings. The van der Waals surface area contributed by atoms with Gasteiger partial charge in [0.2, 0.25) is 0 Å². The molecule has 0 spiro atoms. The fourth-order valence-corrected chi connectivity index (χ4v) is 2.81. The maximum atomic E-state index is 5.28. The van der Waals surface area contributed by atoms with E-state index in [0.717, 1.165) is 26.3 Å². The molecule has 0 heterocycles. The van der Waals surface area contributed by atoms with Gasteiger partial charge >= 0.3 is 0 Å². The quantitative estimate of drug-likeness (QED) is 0.593. The molecule has 0 saturated heterocycles. The van der Waals surface area contributed by atoms with E-state index in [9.17, 15) is 0 Å². The molecule has 0 aliphatic carbocycles. The Hall–Kier alpha value is -0.643. The summed E-state index contributed by atoms with van der Waals surface area (Å²) in [6, 6.07) is 9.04. The van der Waals surface area contributed by atoms with Crippen molar-refractivity contribution < 1.29 is 4.74 Å². The summed E-state index contributed by atoms with van der Waals surface area (Å²) in [5.74, 6) is 0. The summed E-state index contributed by atoms with van der Waals surface area (Å²) in [6.07, 6.45) is 0. The van der Waals surface area contributed by atoms with Crippen LogP contribution in [0.3, 0.4) is 0 Å². The van der Waals surface area contributed by atoms with Gasteiger partial charge in [-0.1, -0.05) is 49.1 Å². The SMILES string of the molecule is CCOCCNCc1ccc([Si](C)(C)C)cc1. The molecule has 1 aromatic carbocycles. The Morgan fingerprint density at radius 3 is 2.29 bits per heavy atom. The Bertz CT molecular complexity index is 316. The fraction of sp³-hybridized carbons (Fsp3) is 0.571. The van der Waals surface area contributed by atoms with Crippen LogP contribution in [-0.2, 0) is 11.3 Å². The molecule has 17 heavy (non-hydrogen) atoms. The van der Waals surface area contributed by atoms with Crippen LogP contribution in [0.5, 0.6) is 0 Å². The molecule has 1 aromatic rings. The Kier molecular flexibility index (Phi) is 5.89. The molecule has 0 aliphatic rings. The van der Waals surface area contributed by atoms with Gasteiger partial charge in [-0.15, -0.1) is 0 Å². The minimum atomic E-state index is -1.15. The molecule has 0 aromatic heterocycles. The smallest absolute Gasteiger partial charge is 0.0775 e. The molecule has 0 atom stereocenters. The number of hydrogen-bond acceptors (Lipinski definition) is 2. The van der Waals surface area contributed by atoms with E-state index in [1.807, 2.05) is 6.92 Å². The molecule has 1 rings (SSSR count). The van der Waals surface area contributed by atoms with Gasteiger partial charge in [0, 0.05) is 19.7 Å². The molecule has 0 unspecified atom stereocenters. The Labute approximate surface area is 106 Å². The van der Waals surface area contributed by atoms with E-state index < -0.39 is 8.07 Å². The first kappa shape index (κ1) is 14.4. The zero-order valence-corrected chi connectivity index (χ0v) is 12.5. The molecular weight excluding hydrogens is 226 g/mol. The van der Waals surface area contributed by atoms with Crippen molar-refractivity contribution in [2.75, 3.05) is 19.8 Å². The first-order chi connectivity index (χ1) is 8.04. The van der Waals surface area contributed by atoms with Gasteiger partial charge in [0.1, 0.15) is 0 Å². The van der Waals surface area contributed by atoms with E-state index in [2.05, 4.69) is 49.2 Å². The Balaban J connectivity index is 2.36. The van der Waals surface area contributed by atoms with Crippen LogP contribution in [0, 0.1) is 0 Å². The second kappa shape index (κ2) is 6.94. The van der Waals surface area contributed by atoms with E-state index in [1.54, 1.807) is 0 Å². The summed E-state index contributed by atoms with van der Waals surface area (Å²) in [7, 11) is -1.15. The van der Waals surface area contributed by atoms with Crippen molar-refractivity contribution in [2.24, 2.45) is 0 Å². The number of ether oxygens (including phenoxy) is 1. The van der Waals surface area contributed by atoms with Crippen LogP contribution >= 0.6 is 0 Å². The Morgan fingerprint density at radius 1 is 1.12 bits per heavy atom. The highest BCUT2D eigenvalue weighted by Gasteiger charge is 2.15. The number of rotatable bonds is 7. The lowest BCUT2D eigenvalue weighted by molar-refractivity contribution is 0.149. The fourth-order valence-electron chi connectivity index (χ4n) is 1.64. The van der Waals surface area contributed by atoms with Gasteiger partial charge in [-0.25, -0.2) is 0 Å². The van der Waals surface area contributed by atoms with E-state index in [1.165, 1.54) is 10.8 Å². The van der Waals surface area contributed by atoms with Crippen molar-refractivity contribution in [1.82, 2.24) is 5.32 Å². The van der Waals surface area contributed by atoms with Crippen LogP contribution in [-0.4, -0.2) is 27.8 Å². The van der Waals surface area contributed by atoms with Crippen LogP contribution in [0.2, 0.25) is 19.6 Å². The predicted octanol–water partition coefficient (Wildman–Crippen LogP) is 2.36. The van der Waals surface area contributed by atoms with Gasteiger partial charge in [-0.05, 0) is 12.5 Å². The Morgan fingerprint density at radius 2 is 1.76 bits per heavy atom. The molecule has 0 aliphatic heterocycles. The average Bonchev–Trinajstić information content (AvgIpc) is 2.28. The summed E-state index contributed by atoms with van der Waals surface area (Å²) >= 11 is 0. The van der Waals surface area contributed by atoms with E-state index in [-0.39, 0.29) is 0 Å². The standard InChI is InChI=1S/C14H25NOSi/c1-5-16-11-10-15-12-13-6-8-14(9-7-13)17(2,3)4/h6-9,15H,5,10-12H2,1-4H3. The third-order valence-corrected chi connectivity index (χ3v) is 4.84. The third kappa shape index (κ3) is 5.48. The molecule has 0 amide bonds. The lowest BCUT2D eigenvalue weighted by Gasteiger charge is -2.16. The summed E-state index contributed by atoms with van der Waals surface area (Å²) in [5, 5.41) is 4.90. The normalized spacial score (nSPS) is 11.8. The number of nitrogens with one attached hydrogen (secondary N) is 1. The van der Waals surface area contributed by atoms with Crippen molar-refractivity contribution in [3.63, 3.8) is 0 Å². The largest absolute Gasteiger partial charge is 0.380 e. The maximum Gasteiger partial charge on any atom is 0.0775 e. The third-order valence-electron chi connectivity index (χ3n) is 2.78. The van der Waals surface area contributed by atoms with Crippen LogP contribution in [0.1, 0.15) is 12.5 Å². The van der Waals surface area contributed by atoms with Crippen LogP contribution in [0.4, 0.5) is 0 Å². The molecule has 0 saturated carbocycles. The summed E-state index contributed by atoms with van der Waals surface area (Å²) in [4.78, 5) is 0. The van der Waals surface area contributed by atoms with E-state index in [0.29, 0.717) is 0 Å². The van der Waals surface area contributed by atoms with Gasteiger partial charge in [-0.3, -0.25) is 0 Å². The van der Waals surface area contributed by atoms with Gasteiger partial charge in [0.25, 0.3) is 0 Å². The second-order valence-corrected chi connectivity index (χ2v) is 10.4. The molecule has 3 heteroatoms. The van der Waals surface area contributed by atoms with Crippen molar-refractivity contribution in [3.05, 3.63) is 29.8 Å². The molecule has 1 N–H and O–H groups in total. The van der Waals surface area contributed by atoms with E-state index in [4.69, 9.17) is 4.74 Å². The zero-order valence-electron chi connectivity index (χ0n) is 11.5. The number of hydrogen-bond donors (Lipinski definition) is 1. The summed E-state index contributed by atoms with van der Waals surface area (Å²) in [6.45, 7) is 12.6. The minimum absolute atomic E-state index is 0.795. The lowest BCUT2D eigenvalue weighted by Crippen LogP contribution is -2.37. The van der Waals surface area contributed by atoms with Crippen LogP contribution in [0.15, 0.2) is 24.3 Å². The van der Waals surface area contributed by atoms with Gasteiger partial charge in [-0.2, -0.15) is 0 Å². The molecule has 0 bridgehead atoms. The highest BCUT2D eigenvalue weighted by Crippen LogP contribution is 2.04. The van der Waals surface area contributed by atoms with Crippen molar-refractivity contribution in [2.45, 2.75) is 33.1 Å². The first-order valence-electron chi connectivity index (χ1n) is 6.42. The molecule has 2 nitrogen and oxygen atoms in total. The molecular formula is C14H25NOSi.